The Labute approximate surface area is 109 Å². The summed E-state index contributed by atoms with van der Waals surface area (Å²) < 4.78 is 0. The van der Waals surface area contributed by atoms with Crippen LogP contribution in [0.2, 0.25) is 0 Å². The minimum absolute atomic E-state index is 0.557. The zero-order chi connectivity index (χ0) is 12.1. The Balaban J connectivity index is 2.16. The number of nitrogens with one attached hydrogen (secondary N) is 1. The lowest BCUT2D eigenvalue weighted by molar-refractivity contribution is 0.484. The number of thioether (sulfide) groups is 1. The highest BCUT2D eigenvalue weighted by atomic mass is 32.2. The highest BCUT2D eigenvalue weighted by Crippen LogP contribution is 2.36. The molecule has 2 rings (SSSR count). The van der Waals surface area contributed by atoms with Gasteiger partial charge >= 0.3 is 0 Å². The predicted molar refractivity (Wildman–Crippen MR) is 77.7 cm³/mol. The molecule has 0 spiro atoms. The van der Waals surface area contributed by atoms with Gasteiger partial charge in [0.1, 0.15) is 0 Å². The Morgan fingerprint density at radius 1 is 1.29 bits per heavy atom. The number of aryl methyl sites for hydroxylation is 1. The Kier molecular flexibility index (Phi) is 4.93. The molecule has 0 radical (unpaired) electrons. The van der Waals surface area contributed by atoms with E-state index < -0.39 is 0 Å². The second kappa shape index (κ2) is 6.46. The molecule has 1 aliphatic rings. The number of hydrogen-bond donors (Lipinski definition) is 1. The molecule has 0 saturated heterocycles. The van der Waals surface area contributed by atoms with Crippen molar-refractivity contribution in [2.75, 3.05) is 12.3 Å². The molecule has 94 valence electrons. The molecule has 1 aromatic rings. The predicted octanol–water partition coefficient (Wildman–Crippen LogP) is 3.80. The van der Waals surface area contributed by atoms with Crippen LogP contribution in [0.3, 0.4) is 0 Å². The van der Waals surface area contributed by atoms with E-state index in [0.717, 1.165) is 11.8 Å². The quantitative estimate of drug-likeness (QED) is 0.852. The van der Waals surface area contributed by atoms with E-state index in [4.69, 9.17) is 0 Å². The maximum absolute atomic E-state index is 3.68. The Hall–Kier alpha value is -0.470. The van der Waals surface area contributed by atoms with Gasteiger partial charge in [-0.15, -0.1) is 0 Å². The lowest BCUT2D eigenvalue weighted by atomic mass is 9.87. The highest BCUT2D eigenvalue weighted by molar-refractivity contribution is 7.99. The van der Waals surface area contributed by atoms with Crippen molar-refractivity contribution in [2.24, 2.45) is 0 Å². The van der Waals surface area contributed by atoms with E-state index in [1.54, 1.807) is 5.56 Å². The first kappa shape index (κ1) is 13.0. The SMILES string of the molecule is CCCSC1CCc2ccccc2C1NCC. The summed E-state index contributed by atoms with van der Waals surface area (Å²) in [5, 5.41) is 4.43. The third-order valence-electron chi connectivity index (χ3n) is 3.42. The van der Waals surface area contributed by atoms with Crippen LogP contribution in [-0.4, -0.2) is 17.5 Å². The van der Waals surface area contributed by atoms with Crippen LogP contribution in [0.4, 0.5) is 0 Å². The minimum atomic E-state index is 0.557. The third kappa shape index (κ3) is 3.05. The van der Waals surface area contributed by atoms with Gasteiger partial charge in [0.2, 0.25) is 0 Å². The summed E-state index contributed by atoms with van der Waals surface area (Å²) in [5.41, 5.74) is 3.08. The summed E-state index contributed by atoms with van der Waals surface area (Å²) in [5.74, 6) is 1.29. The largest absolute Gasteiger partial charge is 0.309 e. The van der Waals surface area contributed by atoms with Gasteiger partial charge in [0.05, 0.1) is 0 Å². The van der Waals surface area contributed by atoms with E-state index in [2.05, 4.69) is 55.2 Å². The van der Waals surface area contributed by atoms with Gasteiger partial charge in [-0.25, -0.2) is 0 Å². The number of rotatable bonds is 5. The van der Waals surface area contributed by atoms with Crippen LogP contribution in [0.25, 0.3) is 0 Å². The highest BCUT2D eigenvalue weighted by Gasteiger charge is 2.28. The fourth-order valence-corrected chi connectivity index (χ4v) is 3.90. The van der Waals surface area contributed by atoms with Gasteiger partial charge in [-0.2, -0.15) is 11.8 Å². The van der Waals surface area contributed by atoms with Gasteiger partial charge in [-0.3, -0.25) is 0 Å². The molecule has 0 heterocycles. The molecule has 2 heteroatoms. The second-order valence-electron chi connectivity index (χ2n) is 4.68. The number of hydrogen-bond acceptors (Lipinski definition) is 2. The zero-order valence-corrected chi connectivity index (χ0v) is 11.7. The zero-order valence-electron chi connectivity index (χ0n) is 10.9. The second-order valence-corrected chi connectivity index (χ2v) is 6.03. The summed E-state index contributed by atoms with van der Waals surface area (Å²) in [7, 11) is 0. The van der Waals surface area contributed by atoms with Gasteiger partial charge in [0.25, 0.3) is 0 Å². The van der Waals surface area contributed by atoms with Crippen molar-refractivity contribution in [1.82, 2.24) is 5.32 Å². The van der Waals surface area contributed by atoms with E-state index in [-0.39, 0.29) is 0 Å². The summed E-state index contributed by atoms with van der Waals surface area (Å²) >= 11 is 2.15. The van der Waals surface area contributed by atoms with Gasteiger partial charge in [-0.1, -0.05) is 38.1 Å². The van der Waals surface area contributed by atoms with Crippen molar-refractivity contribution in [2.45, 2.75) is 44.4 Å². The molecule has 1 aliphatic carbocycles. The monoisotopic (exact) mass is 249 g/mol. The smallest absolute Gasteiger partial charge is 0.0443 e. The summed E-state index contributed by atoms with van der Waals surface area (Å²) in [6.07, 6.45) is 3.85. The first-order valence-corrected chi connectivity index (χ1v) is 7.84. The molecule has 2 atom stereocenters. The van der Waals surface area contributed by atoms with Crippen LogP contribution in [0, 0.1) is 0 Å². The van der Waals surface area contributed by atoms with Crippen LogP contribution in [0.5, 0.6) is 0 Å². The van der Waals surface area contributed by atoms with E-state index in [9.17, 15) is 0 Å². The molecule has 0 fully saturated rings. The van der Waals surface area contributed by atoms with Crippen molar-refractivity contribution < 1.29 is 0 Å². The molecule has 0 amide bonds. The standard InChI is InChI=1S/C15H23NS/c1-3-11-17-14-10-9-12-7-5-6-8-13(12)15(14)16-4-2/h5-8,14-16H,3-4,9-11H2,1-2H3. The van der Waals surface area contributed by atoms with Crippen molar-refractivity contribution in [1.29, 1.82) is 0 Å². The van der Waals surface area contributed by atoms with Gasteiger partial charge in [0, 0.05) is 11.3 Å². The fourth-order valence-electron chi connectivity index (χ4n) is 2.64. The number of fused-ring (bicyclic) bond motifs is 1. The first-order valence-electron chi connectivity index (χ1n) is 6.79. The van der Waals surface area contributed by atoms with Crippen LogP contribution in [-0.2, 0) is 6.42 Å². The van der Waals surface area contributed by atoms with Crippen LogP contribution < -0.4 is 5.32 Å². The topological polar surface area (TPSA) is 12.0 Å². The van der Waals surface area contributed by atoms with E-state index in [0.29, 0.717) is 6.04 Å². The molecule has 2 unspecified atom stereocenters. The van der Waals surface area contributed by atoms with Crippen LogP contribution >= 0.6 is 11.8 Å². The maximum Gasteiger partial charge on any atom is 0.0443 e. The molecular weight excluding hydrogens is 226 g/mol. The molecule has 1 aromatic carbocycles. The van der Waals surface area contributed by atoms with Crippen molar-refractivity contribution >= 4 is 11.8 Å². The average Bonchev–Trinajstić information content (AvgIpc) is 2.38. The van der Waals surface area contributed by atoms with Crippen molar-refractivity contribution in [3.8, 4) is 0 Å². The molecule has 0 bridgehead atoms. The summed E-state index contributed by atoms with van der Waals surface area (Å²) in [6.45, 7) is 5.53. The molecule has 1 nitrogen and oxygen atoms in total. The Morgan fingerprint density at radius 3 is 2.88 bits per heavy atom. The van der Waals surface area contributed by atoms with Gasteiger partial charge in [0.15, 0.2) is 0 Å². The Morgan fingerprint density at radius 2 is 2.12 bits per heavy atom. The number of benzene rings is 1. The minimum Gasteiger partial charge on any atom is -0.309 e. The van der Waals surface area contributed by atoms with Crippen LogP contribution in [0.1, 0.15) is 43.9 Å². The fraction of sp³-hybridized carbons (Fsp3) is 0.600. The van der Waals surface area contributed by atoms with Crippen molar-refractivity contribution in [3.63, 3.8) is 0 Å². The molecule has 0 aliphatic heterocycles. The molecule has 0 saturated carbocycles. The van der Waals surface area contributed by atoms with E-state index in [1.165, 1.54) is 30.6 Å². The molecule has 0 aromatic heterocycles. The van der Waals surface area contributed by atoms with Crippen LogP contribution in [0.15, 0.2) is 24.3 Å². The molecular formula is C15H23NS. The van der Waals surface area contributed by atoms with E-state index >= 15 is 0 Å². The maximum atomic E-state index is 3.68. The molecule has 1 N–H and O–H groups in total. The summed E-state index contributed by atoms with van der Waals surface area (Å²) in [6, 6.07) is 9.50. The normalized spacial score (nSPS) is 23.4. The van der Waals surface area contributed by atoms with Gasteiger partial charge in [-0.05, 0) is 42.7 Å². The lowest BCUT2D eigenvalue weighted by Gasteiger charge is -2.33. The van der Waals surface area contributed by atoms with Crippen molar-refractivity contribution in [3.05, 3.63) is 35.4 Å². The first-order chi connectivity index (χ1) is 8.36. The van der Waals surface area contributed by atoms with E-state index in [1.807, 2.05) is 0 Å². The molecule has 17 heavy (non-hydrogen) atoms. The lowest BCUT2D eigenvalue weighted by Crippen LogP contribution is -2.34. The average molecular weight is 249 g/mol. The Bertz CT molecular complexity index is 351. The van der Waals surface area contributed by atoms with Gasteiger partial charge < -0.3 is 5.32 Å². The third-order valence-corrected chi connectivity index (χ3v) is 5.00. The summed E-state index contributed by atoms with van der Waals surface area (Å²) in [4.78, 5) is 0.